The van der Waals surface area contributed by atoms with Gasteiger partial charge in [-0.2, -0.15) is 13.9 Å². The molecule has 0 bridgehead atoms. The second-order valence-corrected chi connectivity index (χ2v) is 16.1. The molecule has 15 nitrogen and oxygen atoms in total. The molecular weight excluding hydrogens is 807 g/mol. The molecule has 2 saturated heterocycles. The molecule has 0 saturated carbocycles. The zero-order valence-electron chi connectivity index (χ0n) is 34.0. The number of halogens is 4. The van der Waals surface area contributed by atoms with Crippen LogP contribution in [0.2, 0.25) is 5.02 Å². The van der Waals surface area contributed by atoms with Crippen molar-refractivity contribution >= 4 is 41.0 Å². The van der Waals surface area contributed by atoms with Crippen LogP contribution in [-0.4, -0.2) is 142 Å². The van der Waals surface area contributed by atoms with E-state index in [2.05, 4.69) is 25.5 Å². The molecule has 3 amide bonds. The number of rotatable bonds is 17. The number of carboxylic acids is 1. The first-order valence-electron chi connectivity index (χ1n) is 19.7. The fourth-order valence-electron chi connectivity index (χ4n) is 7.92. The number of benzene rings is 2. The van der Waals surface area contributed by atoms with Crippen LogP contribution < -0.4 is 10.6 Å². The van der Waals surface area contributed by atoms with Gasteiger partial charge in [-0.05, 0) is 37.6 Å². The molecule has 2 aromatic carbocycles. The molecular formula is C41H50ClF3N9O6+. The lowest BCUT2D eigenvalue weighted by Crippen LogP contribution is -2.57. The van der Waals surface area contributed by atoms with Gasteiger partial charge in [0.1, 0.15) is 5.82 Å². The maximum Gasteiger partial charge on any atom is 0.359 e. The van der Waals surface area contributed by atoms with Crippen LogP contribution >= 0.6 is 11.6 Å². The number of likely N-dealkylation sites (N-methyl/N-ethyl adjacent to an activating group) is 1. The number of imidazole rings is 1. The number of nitrogens with zero attached hydrogens (tertiary/aromatic N) is 7. The van der Waals surface area contributed by atoms with Crippen molar-refractivity contribution in [3.63, 3.8) is 0 Å². The Balaban J connectivity index is 1.02. The lowest BCUT2D eigenvalue weighted by molar-refractivity contribution is -0.906. The zero-order chi connectivity index (χ0) is 43.3. The maximum atomic E-state index is 15.9. The number of amides is 3. The quantitative estimate of drug-likeness (QED) is 0.128. The third-order valence-corrected chi connectivity index (χ3v) is 11.7. The molecule has 2 aliphatic heterocycles. The van der Waals surface area contributed by atoms with Gasteiger partial charge in [0.05, 0.1) is 62.0 Å². The Kier molecular flexibility index (Phi) is 14.0. The molecule has 1 atom stereocenters. The molecule has 2 fully saturated rings. The van der Waals surface area contributed by atoms with E-state index in [1.165, 1.54) is 33.8 Å². The van der Waals surface area contributed by atoms with Crippen LogP contribution in [0, 0.1) is 25.6 Å². The number of quaternary nitrogens is 1. The average Bonchev–Trinajstić information content (AvgIpc) is 3.75. The van der Waals surface area contributed by atoms with Crippen LogP contribution in [-0.2, 0) is 27.9 Å². The average molecular weight is 857 g/mol. The molecule has 19 heteroatoms. The molecule has 0 radical (unpaired) electrons. The van der Waals surface area contributed by atoms with E-state index in [4.69, 9.17) is 11.6 Å². The Morgan fingerprint density at radius 3 is 2.38 bits per heavy atom. The van der Waals surface area contributed by atoms with Crippen molar-refractivity contribution in [2.24, 2.45) is 13.0 Å². The zero-order valence-corrected chi connectivity index (χ0v) is 34.8. The number of nitrogens with one attached hydrogen (secondary N) is 2. The van der Waals surface area contributed by atoms with Gasteiger partial charge in [-0.3, -0.25) is 19.1 Å². The van der Waals surface area contributed by atoms with Crippen LogP contribution in [0.5, 0.6) is 0 Å². The second-order valence-electron chi connectivity index (χ2n) is 15.7. The number of anilines is 1. The summed E-state index contributed by atoms with van der Waals surface area (Å²) < 4.78 is 48.4. The predicted molar refractivity (Wildman–Crippen MR) is 217 cm³/mol. The molecule has 4 heterocycles. The Morgan fingerprint density at radius 1 is 1.03 bits per heavy atom. The minimum Gasteiger partial charge on any atom is -0.477 e. The van der Waals surface area contributed by atoms with Crippen LogP contribution in [0.15, 0.2) is 42.7 Å². The van der Waals surface area contributed by atoms with Crippen LogP contribution in [0.3, 0.4) is 0 Å². The van der Waals surface area contributed by atoms with Gasteiger partial charge in [0.25, 0.3) is 11.8 Å². The number of carboxylic acid groups (broad SMARTS) is 1. The van der Waals surface area contributed by atoms with E-state index >= 15 is 4.39 Å². The molecule has 0 spiro atoms. The number of piperazine rings is 1. The van der Waals surface area contributed by atoms with Crippen molar-refractivity contribution in [2.45, 2.75) is 39.8 Å². The van der Waals surface area contributed by atoms with Gasteiger partial charge in [0.2, 0.25) is 5.91 Å². The lowest BCUT2D eigenvalue weighted by Gasteiger charge is -2.39. The molecule has 60 heavy (non-hydrogen) atoms. The van der Waals surface area contributed by atoms with Gasteiger partial charge >= 0.3 is 12.6 Å². The minimum atomic E-state index is -2.89. The minimum absolute atomic E-state index is 0.0130. The van der Waals surface area contributed by atoms with Crippen molar-refractivity contribution in [1.82, 2.24) is 34.4 Å². The Hall–Kier alpha value is -5.30. The topological polar surface area (TPSA) is 164 Å². The third-order valence-electron chi connectivity index (χ3n) is 11.3. The number of aliphatic carboxylic acids is 1. The fraction of sp³-hybridized carbons (Fsp3) is 0.463. The second kappa shape index (κ2) is 19.0. The highest BCUT2D eigenvalue weighted by Crippen LogP contribution is 2.34. The van der Waals surface area contributed by atoms with Crippen molar-refractivity contribution in [3.8, 4) is 22.4 Å². The number of aromatic nitrogens is 4. The predicted octanol–water partition coefficient (Wildman–Crippen LogP) is 4.67. The summed E-state index contributed by atoms with van der Waals surface area (Å²) in [4.78, 5) is 59.1. The molecule has 3 N–H and O–H groups in total. The number of ether oxygens (including phenoxy) is 1. The number of carbonyl (C=O) groups is 4. The highest BCUT2D eigenvalue weighted by molar-refractivity contribution is 6.34. The van der Waals surface area contributed by atoms with Crippen molar-refractivity contribution < 1.29 is 46.7 Å². The van der Waals surface area contributed by atoms with E-state index in [-0.39, 0.29) is 53.5 Å². The number of hydrogen-bond donors (Lipinski definition) is 3. The third kappa shape index (κ3) is 10.2. The lowest BCUT2D eigenvalue weighted by atomic mass is 9.98. The van der Waals surface area contributed by atoms with E-state index in [1.807, 2.05) is 7.05 Å². The molecule has 2 aliphatic rings. The summed E-state index contributed by atoms with van der Waals surface area (Å²) in [5, 5.41) is 19.8. The van der Waals surface area contributed by atoms with Crippen LogP contribution in [0.25, 0.3) is 22.4 Å². The summed E-state index contributed by atoms with van der Waals surface area (Å²) in [6.07, 6.45) is 3.81. The first-order chi connectivity index (χ1) is 28.5. The summed E-state index contributed by atoms with van der Waals surface area (Å²) in [6.45, 7) is 4.74. The monoisotopic (exact) mass is 856 g/mol. The van der Waals surface area contributed by atoms with E-state index in [0.29, 0.717) is 89.7 Å². The molecule has 2 aromatic heterocycles. The standard InChI is InChI=1S/C41H49ClF3N9O6/c1-25-29(9-10-30(37(25)43)32-21-48-53(26(32)2)15-17-60-41(44)45)34-22-47-38(50(34)3)39(58)49-28-7-8-31(33(42)18-28)40(59)52-13-11-51(12-14-52)35(55)6-5-16-54(4,24-36(56)57)23-27-19-46-20-27/h7-10,18,21-22,27,41,46H,5-6,11-17,19-20,23-24H2,1-4H3,(H-,49,56,57,58,59)/p+1. The first-order valence-corrected chi connectivity index (χ1v) is 20.1. The summed E-state index contributed by atoms with van der Waals surface area (Å²) in [7, 11) is 3.56. The normalized spacial score (nSPS) is 15.6. The number of alkyl halides is 2. The van der Waals surface area contributed by atoms with Gasteiger partial charge in [0.15, 0.2) is 12.4 Å². The molecule has 6 rings (SSSR count). The van der Waals surface area contributed by atoms with E-state index in [0.717, 1.165) is 19.6 Å². The maximum absolute atomic E-state index is 15.9. The molecule has 322 valence electrons. The van der Waals surface area contributed by atoms with E-state index in [9.17, 15) is 33.1 Å². The highest BCUT2D eigenvalue weighted by atomic mass is 35.5. The SMILES string of the molecule is Cc1c(-c2cnc(C(=O)Nc3ccc(C(=O)N4CCN(C(=O)CCC[N+](C)(CC(=O)O)CC5CNC5)CC4)c(Cl)c3)n2C)ccc(-c2cnn(CCOC(F)F)c2C)c1F. The molecule has 0 aliphatic carbocycles. The van der Waals surface area contributed by atoms with Gasteiger partial charge in [-0.25, -0.2) is 14.2 Å². The summed E-state index contributed by atoms with van der Waals surface area (Å²) in [6, 6.07) is 7.88. The largest absolute Gasteiger partial charge is 0.477 e. The van der Waals surface area contributed by atoms with Crippen molar-refractivity contribution in [3.05, 3.63) is 76.2 Å². The van der Waals surface area contributed by atoms with Crippen molar-refractivity contribution in [1.29, 1.82) is 0 Å². The van der Waals surface area contributed by atoms with Gasteiger partial charge in [0, 0.05) is 93.1 Å². The number of carbonyl (C=O) groups excluding carboxylic acids is 3. The van der Waals surface area contributed by atoms with E-state index < -0.39 is 24.3 Å². The first kappa shape index (κ1) is 44.3. The van der Waals surface area contributed by atoms with Crippen LogP contribution in [0.1, 0.15) is 45.1 Å². The highest BCUT2D eigenvalue weighted by Gasteiger charge is 2.33. The number of hydrogen-bond acceptors (Lipinski definition) is 8. The van der Waals surface area contributed by atoms with Crippen LogP contribution in [0.4, 0.5) is 18.9 Å². The fourth-order valence-corrected chi connectivity index (χ4v) is 8.18. The molecule has 4 aromatic rings. The smallest absolute Gasteiger partial charge is 0.359 e. The summed E-state index contributed by atoms with van der Waals surface area (Å²) in [5.41, 5.74) is 3.23. The van der Waals surface area contributed by atoms with Gasteiger partial charge in [-0.1, -0.05) is 23.7 Å². The van der Waals surface area contributed by atoms with Crippen molar-refractivity contribution in [2.75, 3.05) is 77.9 Å². The Bertz CT molecular complexity index is 2240. The Labute approximate surface area is 350 Å². The van der Waals surface area contributed by atoms with Gasteiger partial charge < -0.3 is 39.3 Å². The van der Waals surface area contributed by atoms with E-state index in [1.54, 1.807) is 48.9 Å². The Morgan fingerprint density at radius 2 is 1.73 bits per heavy atom. The molecule has 1 unspecified atom stereocenters. The van der Waals surface area contributed by atoms with Gasteiger partial charge in [-0.15, -0.1) is 0 Å². The summed E-state index contributed by atoms with van der Waals surface area (Å²) in [5.74, 6) is -1.77. The summed E-state index contributed by atoms with van der Waals surface area (Å²) >= 11 is 6.57.